The van der Waals surface area contributed by atoms with Crippen molar-refractivity contribution < 1.29 is 4.74 Å². The van der Waals surface area contributed by atoms with Crippen LogP contribution in [0.15, 0.2) is 24.3 Å². The van der Waals surface area contributed by atoms with Gasteiger partial charge >= 0.3 is 0 Å². The maximum Gasteiger partial charge on any atom is 0.0980 e. The smallest absolute Gasteiger partial charge is 0.0980 e. The lowest BCUT2D eigenvalue weighted by atomic mass is 9.91. The molecule has 3 unspecified atom stereocenters. The Morgan fingerprint density at radius 3 is 2.67 bits per heavy atom. The SMILES string of the molecule is CC(C)C1OC(c2cccc(Cl)c2)C1Br. The molecule has 1 nitrogen and oxygen atoms in total. The van der Waals surface area contributed by atoms with E-state index in [1.807, 2.05) is 18.2 Å². The van der Waals surface area contributed by atoms with Crippen molar-refractivity contribution in [2.24, 2.45) is 5.92 Å². The molecule has 0 aromatic heterocycles. The molecule has 1 fully saturated rings. The van der Waals surface area contributed by atoms with E-state index in [1.165, 1.54) is 0 Å². The third-order valence-corrected chi connectivity index (χ3v) is 3.98. The van der Waals surface area contributed by atoms with Gasteiger partial charge in [0.05, 0.1) is 17.0 Å². The van der Waals surface area contributed by atoms with Gasteiger partial charge in [-0.3, -0.25) is 0 Å². The molecule has 2 rings (SSSR count). The minimum Gasteiger partial charge on any atom is -0.367 e. The van der Waals surface area contributed by atoms with E-state index in [9.17, 15) is 0 Å². The summed E-state index contributed by atoms with van der Waals surface area (Å²) in [5.74, 6) is 0.546. The Labute approximate surface area is 104 Å². The van der Waals surface area contributed by atoms with E-state index in [0.29, 0.717) is 16.8 Å². The van der Waals surface area contributed by atoms with Gasteiger partial charge in [-0.05, 0) is 23.6 Å². The molecule has 1 aliphatic heterocycles. The van der Waals surface area contributed by atoms with Crippen molar-refractivity contribution in [1.82, 2.24) is 0 Å². The summed E-state index contributed by atoms with van der Waals surface area (Å²) in [7, 11) is 0. The van der Waals surface area contributed by atoms with Crippen molar-refractivity contribution in [3.05, 3.63) is 34.9 Å². The summed E-state index contributed by atoms with van der Waals surface area (Å²) in [5.41, 5.74) is 1.15. The van der Waals surface area contributed by atoms with Gasteiger partial charge in [0.25, 0.3) is 0 Å². The van der Waals surface area contributed by atoms with Crippen LogP contribution >= 0.6 is 27.5 Å². The summed E-state index contributed by atoms with van der Waals surface area (Å²) in [6.07, 6.45) is 0.463. The Morgan fingerprint density at radius 2 is 2.13 bits per heavy atom. The molecule has 1 aromatic rings. The van der Waals surface area contributed by atoms with Gasteiger partial charge < -0.3 is 4.74 Å². The van der Waals surface area contributed by atoms with Gasteiger partial charge in [0.15, 0.2) is 0 Å². The van der Waals surface area contributed by atoms with E-state index < -0.39 is 0 Å². The molecular formula is C12H14BrClO. The van der Waals surface area contributed by atoms with E-state index in [4.69, 9.17) is 16.3 Å². The largest absolute Gasteiger partial charge is 0.367 e. The monoisotopic (exact) mass is 288 g/mol. The molecule has 0 saturated carbocycles. The highest BCUT2D eigenvalue weighted by atomic mass is 79.9. The summed E-state index contributed by atoms with van der Waals surface area (Å²) in [4.78, 5) is 0.399. The molecule has 1 aliphatic rings. The van der Waals surface area contributed by atoms with Gasteiger partial charge in [-0.2, -0.15) is 0 Å². The highest BCUT2D eigenvalue weighted by molar-refractivity contribution is 9.09. The van der Waals surface area contributed by atoms with Crippen molar-refractivity contribution in [3.63, 3.8) is 0 Å². The Balaban J connectivity index is 2.09. The second-order valence-electron chi connectivity index (χ2n) is 4.26. The van der Waals surface area contributed by atoms with Gasteiger partial charge in [0.1, 0.15) is 0 Å². The fourth-order valence-electron chi connectivity index (χ4n) is 1.87. The summed E-state index contributed by atoms with van der Waals surface area (Å²) in [6, 6.07) is 7.87. The maximum atomic E-state index is 5.95. The molecular weight excluding hydrogens is 275 g/mol. The van der Waals surface area contributed by atoms with Crippen molar-refractivity contribution in [3.8, 4) is 0 Å². The van der Waals surface area contributed by atoms with Crippen LogP contribution in [0, 0.1) is 5.92 Å². The zero-order valence-corrected chi connectivity index (χ0v) is 11.1. The van der Waals surface area contributed by atoms with E-state index in [0.717, 1.165) is 10.6 Å². The predicted octanol–water partition coefficient (Wildman–Crippen LogP) is 4.20. The molecule has 82 valence electrons. The van der Waals surface area contributed by atoms with Gasteiger partial charge in [0, 0.05) is 5.02 Å². The van der Waals surface area contributed by atoms with E-state index in [1.54, 1.807) is 0 Å². The zero-order valence-electron chi connectivity index (χ0n) is 8.78. The molecule has 0 spiro atoms. The van der Waals surface area contributed by atoms with Crippen LogP contribution in [0.4, 0.5) is 0 Å². The summed E-state index contributed by atoms with van der Waals surface area (Å²) in [6.45, 7) is 4.35. The van der Waals surface area contributed by atoms with Crippen LogP contribution in [-0.4, -0.2) is 10.9 Å². The fraction of sp³-hybridized carbons (Fsp3) is 0.500. The van der Waals surface area contributed by atoms with Crippen molar-refractivity contribution in [2.75, 3.05) is 0 Å². The standard InChI is InChI=1S/C12H14BrClO/c1-7(2)11-10(13)12(15-11)8-4-3-5-9(14)6-8/h3-7,10-12H,1-2H3. The number of halogens is 2. The molecule has 15 heavy (non-hydrogen) atoms. The van der Waals surface area contributed by atoms with Gasteiger partial charge in [-0.1, -0.05) is 53.5 Å². The molecule has 1 saturated heterocycles. The molecule has 0 radical (unpaired) electrons. The quantitative estimate of drug-likeness (QED) is 0.742. The lowest BCUT2D eigenvalue weighted by molar-refractivity contribution is -0.136. The maximum absolute atomic E-state index is 5.95. The molecule has 0 amide bonds. The number of alkyl halides is 1. The predicted molar refractivity (Wildman–Crippen MR) is 66.6 cm³/mol. The minimum atomic E-state index is 0.149. The minimum absolute atomic E-state index is 0.149. The number of rotatable bonds is 2. The Kier molecular flexibility index (Phi) is 3.39. The van der Waals surface area contributed by atoms with Crippen LogP contribution in [-0.2, 0) is 4.74 Å². The Morgan fingerprint density at radius 1 is 1.40 bits per heavy atom. The topological polar surface area (TPSA) is 9.23 Å². The first kappa shape index (κ1) is 11.4. The number of ether oxygens (including phenoxy) is 1. The molecule has 1 aromatic carbocycles. The fourth-order valence-corrected chi connectivity index (χ4v) is 3.24. The van der Waals surface area contributed by atoms with Crippen LogP contribution in [0.1, 0.15) is 25.5 Å². The van der Waals surface area contributed by atoms with E-state index in [2.05, 4.69) is 35.8 Å². The highest BCUT2D eigenvalue weighted by Gasteiger charge is 2.42. The number of hydrogen-bond donors (Lipinski definition) is 0. The molecule has 0 aliphatic carbocycles. The summed E-state index contributed by atoms with van der Waals surface area (Å²) >= 11 is 9.63. The lowest BCUT2D eigenvalue weighted by Gasteiger charge is -2.44. The van der Waals surface area contributed by atoms with Crippen LogP contribution in [0.2, 0.25) is 5.02 Å². The van der Waals surface area contributed by atoms with Gasteiger partial charge in [-0.15, -0.1) is 0 Å². The third-order valence-electron chi connectivity index (χ3n) is 2.74. The second kappa shape index (κ2) is 4.44. The zero-order chi connectivity index (χ0) is 11.0. The number of benzene rings is 1. The van der Waals surface area contributed by atoms with Crippen molar-refractivity contribution >= 4 is 27.5 Å². The molecule has 0 bridgehead atoms. The molecule has 3 heteroatoms. The first-order valence-electron chi connectivity index (χ1n) is 5.14. The van der Waals surface area contributed by atoms with Crippen molar-refractivity contribution in [1.29, 1.82) is 0 Å². The van der Waals surface area contributed by atoms with Gasteiger partial charge in [-0.25, -0.2) is 0 Å². The lowest BCUT2D eigenvalue weighted by Crippen LogP contribution is -2.46. The van der Waals surface area contributed by atoms with Crippen LogP contribution in [0.5, 0.6) is 0 Å². The summed E-state index contributed by atoms with van der Waals surface area (Å²) in [5, 5.41) is 0.767. The first-order valence-corrected chi connectivity index (χ1v) is 6.44. The Bertz CT molecular complexity index is 353. The highest BCUT2D eigenvalue weighted by Crippen LogP contribution is 2.43. The first-order chi connectivity index (χ1) is 7.09. The third kappa shape index (κ3) is 2.22. The summed E-state index contributed by atoms with van der Waals surface area (Å²) < 4.78 is 5.85. The van der Waals surface area contributed by atoms with Crippen LogP contribution in [0.25, 0.3) is 0 Å². The Hall–Kier alpha value is -0.0500. The van der Waals surface area contributed by atoms with E-state index in [-0.39, 0.29) is 6.10 Å². The van der Waals surface area contributed by atoms with Crippen molar-refractivity contribution in [2.45, 2.75) is 30.9 Å². The van der Waals surface area contributed by atoms with Gasteiger partial charge in [0.2, 0.25) is 0 Å². The van der Waals surface area contributed by atoms with Crippen LogP contribution in [0.3, 0.4) is 0 Å². The van der Waals surface area contributed by atoms with Crippen LogP contribution < -0.4 is 0 Å². The van der Waals surface area contributed by atoms with E-state index >= 15 is 0 Å². The molecule has 3 atom stereocenters. The normalized spacial score (nSPS) is 30.3. The number of hydrogen-bond acceptors (Lipinski definition) is 1. The average Bonchev–Trinajstić information content (AvgIpc) is 2.15. The molecule has 1 heterocycles. The average molecular weight is 290 g/mol. The second-order valence-corrected chi connectivity index (χ2v) is 5.76. The molecule has 0 N–H and O–H groups in total.